The van der Waals surface area contributed by atoms with Crippen molar-refractivity contribution in [1.82, 2.24) is 30.2 Å². The van der Waals surface area contributed by atoms with Gasteiger partial charge in [0, 0.05) is 62.2 Å². The zero-order chi connectivity index (χ0) is 35.0. The van der Waals surface area contributed by atoms with Crippen LogP contribution < -0.4 is 16.0 Å². The zero-order valence-corrected chi connectivity index (χ0v) is 28.9. The van der Waals surface area contributed by atoms with E-state index >= 15 is 4.39 Å². The van der Waals surface area contributed by atoms with Crippen molar-refractivity contribution in [3.8, 4) is 0 Å². The number of carbonyl (C=O) groups excluding carboxylic acids is 4. The maximum absolute atomic E-state index is 15.7. The van der Waals surface area contributed by atoms with Gasteiger partial charge >= 0.3 is 0 Å². The summed E-state index contributed by atoms with van der Waals surface area (Å²) in [4.78, 5) is 57.1. The first-order chi connectivity index (χ1) is 23.0. The molecule has 1 aliphatic rings. The van der Waals surface area contributed by atoms with E-state index in [0.717, 1.165) is 18.7 Å². The van der Waals surface area contributed by atoms with Gasteiger partial charge in [-0.3, -0.25) is 23.9 Å². The summed E-state index contributed by atoms with van der Waals surface area (Å²) in [5.74, 6) is -3.32. The number of hydrogen-bond donors (Lipinski definition) is 3. The quantitative estimate of drug-likeness (QED) is 0.246. The molecule has 0 radical (unpaired) electrons. The van der Waals surface area contributed by atoms with Gasteiger partial charge in [0.05, 0.1) is 5.69 Å². The number of anilines is 1. The molecule has 4 amide bonds. The van der Waals surface area contributed by atoms with Gasteiger partial charge in [0.25, 0.3) is 5.91 Å². The molecule has 0 spiro atoms. The molecule has 48 heavy (non-hydrogen) atoms. The molecule has 4 atom stereocenters. The third-order valence-electron chi connectivity index (χ3n) is 8.95. The van der Waals surface area contributed by atoms with Crippen LogP contribution in [0.5, 0.6) is 0 Å². The molecule has 2 unspecified atom stereocenters. The number of aryl methyl sites for hydroxylation is 1. The lowest BCUT2D eigenvalue weighted by molar-refractivity contribution is -0.138. The zero-order valence-electron chi connectivity index (χ0n) is 28.1. The van der Waals surface area contributed by atoms with E-state index < -0.39 is 41.6 Å². The van der Waals surface area contributed by atoms with Gasteiger partial charge in [0.1, 0.15) is 23.6 Å². The first-order valence-electron chi connectivity index (χ1n) is 16.4. The van der Waals surface area contributed by atoms with E-state index in [0.29, 0.717) is 42.3 Å². The first-order valence-corrected chi connectivity index (χ1v) is 16.8. The van der Waals surface area contributed by atoms with Crippen LogP contribution in [-0.2, 0) is 20.9 Å². The summed E-state index contributed by atoms with van der Waals surface area (Å²) in [6.45, 7) is 10.2. The summed E-state index contributed by atoms with van der Waals surface area (Å²) in [7, 11) is 1.99. The van der Waals surface area contributed by atoms with E-state index in [9.17, 15) is 19.2 Å². The largest absolute Gasteiger partial charge is 0.344 e. The Morgan fingerprint density at radius 1 is 0.917 bits per heavy atom. The predicted octanol–water partition coefficient (Wildman–Crippen LogP) is 4.40. The Labute approximate surface area is 286 Å². The van der Waals surface area contributed by atoms with Crippen LogP contribution in [0.2, 0.25) is 5.02 Å². The summed E-state index contributed by atoms with van der Waals surface area (Å²) in [6.07, 6.45) is 2.20. The van der Waals surface area contributed by atoms with Crippen molar-refractivity contribution < 1.29 is 23.6 Å². The van der Waals surface area contributed by atoms with E-state index in [1.807, 2.05) is 20.9 Å². The molecule has 1 aromatic heterocycles. The predicted molar refractivity (Wildman–Crippen MR) is 183 cm³/mol. The Morgan fingerprint density at radius 3 is 2.19 bits per heavy atom. The molecule has 4 rings (SSSR count). The lowest BCUT2D eigenvalue weighted by Crippen LogP contribution is -2.55. The van der Waals surface area contributed by atoms with Crippen molar-refractivity contribution >= 4 is 40.9 Å². The highest BCUT2D eigenvalue weighted by Gasteiger charge is 2.34. The number of piperazine rings is 1. The minimum Gasteiger partial charge on any atom is -0.344 e. The SMILES string of the molecule is CCC(=O)N[C@@H](C(=O)N1CCN(C)CC1)[C@@H](C)c1ccc(NC(=O)C(NC(=O)c2ccnn2CC)C(CC)c2ccc(Cl)cc2)c(F)c1. The number of benzene rings is 2. The smallest absolute Gasteiger partial charge is 0.270 e. The number of aromatic nitrogens is 2. The molecule has 258 valence electrons. The summed E-state index contributed by atoms with van der Waals surface area (Å²) in [5, 5.41) is 13.1. The van der Waals surface area contributed by atoms with Gasteiger partial charge in [0.2, 0.25) is 17.7 Å². The summed E-state index contributed by atoms with van der Waals surface area (Å²) < 4.78 is 17.3. The van der Waals surface area contributed by atoms with Crippen LogP contribution in [0.15, 0.2) is 54.7 Å². The average Bonchev–Trinajstić information content (AvgIpc) is 3.57. The molecule has 3 aromatic rings. The number of carbonyl (C=O) groups is 4. The van der Waals surface area contributed by atoms with Crippen LogP contribution >= 0.6 is 11.6 Å². The van der Waals surface area contributed by atoms with Gasteiger partial charge in [-0.05, 0) is 61.9 Å². The summed E-state index contributed by atoms with van der Waals surface area (Å²) in [6, 6.07) is 11.0. The van der Waals surface area contributed by atoms with Crippen LogP contribution in [0.1, 0.15) is 74.0 Å². The molecule has 0 aliphatic carbocycles. The third kappa shape index (κ3) is 8.78. The second-order valence-electron chi connectivity index (χ2n) is 12.1. The highest BCUT2D eigenvalue weighted by Crippen LogP contribution is 2.29. The molecule has 1 fully saturated rings. The maximum Gasteiger partial charge on any atom is 0.270 e. The van der Waals surface area contributed by atoms with Crippen LogP contribution in [0.4, 0.5) is 10.1 Å². The normalized spacial score (nSPS) is 16.0. The number of hydrogen-bond acceptors (Lipinski definition) is 6. The molecule has 2 heterocycles. The average molecular weight is 682 g/mol. The van der Waals surface area contributed by atoms with Crippen LogP contribution in [0, 0.1) is 5.82 Å². The standard InChI is InChI=1S/C35H45ClFN7O4/c1-6-26(23-9-12-25(36)13-10-23)32(41-33(46)29-15-16-38-44(29)8-3)34(47)39-28-14-11-24(21-27(28)37)22(4)31(40-30(45)7-2)35(48)43-19-17-42(5)18-20-43/h9-16,21-22,26,31-32H,6-8,17-20H2,1-5H3,(H,39,47)(H,40,45)(H,41,46)/t22-,26?,31+,32?/m0/s1. The van der Waals surface area contributed by atoms with Crippen molar-refractivity contribution in [2.24, 2.45) is 0 Å². The minimum absolute atomic E-state index is 0.0840. The van der Waals surface area contributed by atoms with Crippen molar-refractivity contribution in [2.75, 3.05) is 38.5 Å². The topological polar surface area (TPSA) is 129 Å². The third-order valence-corrected chi connectivity index (χ3v) is 9.21. The molecule has 0 saturated carbocycles. The van der Waals surface area contributed by atoms with Gasteiger partial charge < -0.3 is 25.8 Å². The number of nitrogens with zero attached hydrogens (tertiary/aromatic N) is 4. The summed E-state index contributed by atoms with van der Waals surface area (Å²) in [5.41, 5.74) is 1.47. The molecule has 1 aliphatic heterocycles. The second kappa shape index (κ2) is 16.7. The highest BCUT2D eigenvalue weighted by atomic mass is 35.5. The number of amides is 4. The lowest BCUT2D eigenvalue weighted by atomic mass is 9.88. The molecular formula is C35H45ClFN7O4. The molecule has 0 bridgehead atoms. The van der Waals surface area contributed by atoms with Gasteiger partial charge in [0.15, 0.2) is 0 Å². The Bertz CT molecular complexity index is 1590. The summed E-state index contributed by atoms with van der Waals surface area (Å²) >= 11 is 6.12. The van der Waals surface area contributed by atoms with Crippen LogP contribution in [-0.4, -0.2) is 88.5 Å². The van der Waals surface area contributed by atoms with Crippen LogP contribution in [0.3, 0.4) is 0 Å². The Morgan fingerprint density at radius 2 is 1.58 bits per heavy atom. The second-order valence-corrected chi connectivity index (χ2v) is 12.5. The van der Waals surface area contributed by atoms with Crippen molar-refractivity contribution in [1.29, 1.82) is 0 Å². The molecular weight excluding hydrogens is 637 g/mol. The lowest BCUT2D eigenvalue weighted by Gasteiger charge is -2.36. The Kier molecular flexibility index (Phi) is 12.7. The number of likely N-dealkylation sites (N-methyl/N-ethyl adjacent to an activating group) is 1. The Hall–Kier alpha value is -4.29. The fraction of sp³-hybridized carbons (Fsp3) is 0.457. The minimum atomic E-state index is -1.07. The van der Waals surface area contributed by atoms with E-state index in [1.54, 1.807) is 55.1 Å². The fourth-order valence-electron chi connectivity index (χ4n) is 5.93. The Balaban J connectivity index is 1.59. The van der Waals surface area contributed by atoms with E-state index in [2.05, 4.69) is 25.9 Å². The number of rotatable bonds is 13. The number of nitrogens with one attached hydrogen (secondary N) is 3. The monoisotopic (exact) mass is 681 g/mol. The van der Waals surface area contributed by atoms with E-state index in [-0.39, 0.29) is 23.9 Å². The maximum atomic E-state index is 15.7. The van der Waals surface area contributed by atoms with Crippen LogP contribution in [0.25, 0.3) is 0 Å². The van der Waals surface area contributed by atoms with Gasteiger partial charge in [-0.2, -0.15) is 5.10 Å². The molecule has 2 aromatic carbocycles. The fourth-order valence-corrected chi connectivity index (χ4v) is 6.06. The molecule has 11 nitrogen and oxygen atoms in total. The van der Waals surface area contributed by atoms with Crippen molar-refractivity contribution in [3.63, 3.8) is 0 Å². The number of halogens is 2. The van der Waals surface area contributed by atoms with Crippen molar-refractivity contribution in [3.05, 3.63) is 82.4 Å². The van der Waals surface area contributed by atoms with Gasteiger partial charge in [-0.25, -0.2) is 4.39 Å². The van der Waals surface area contributed by atoms with E-state index in [4.69, 9.17) is 11.6 Å². The molecule has 13 heteroatoms. The highest BCUT2D eigenvalue weighted by molar-refractivity contribution is 6.30. The first kappa shape index (κ1) is 36.5. The molecule has 3 N–H and O–H groups in total. The molecule has 1 saturated heterocycles. The van der Waals surface area contributed by atoms with Gasteiger partial charge in [-0.1, -0.05) is 50.6 Å². The van der Waals surface area contributed by atoms with E-state index in [1.165, 1.54) is 23.0 Å². The van der Waals surface area contributed by atoms with Gasteiger partial charge in [-0.15, -0.1) is 0 Å². The van der Waals surface area contributed by atoms with Crippen molar-refractivity contribution in [2.45, 2.75) is 71.0 Å².